The van der Waals surface area contributed by atoms with Crippen LogP contribution < -0.4 is 5.32 Å². The Bertz CT molecular complexity index is 264. The lowest BCUT2D eigenvalue weighted by Crippen LogP contribution is -2.32. The fourth-order valence-corrected chi connectivity index (χ4v) is 1.54. The van der Waals surface area contributed by atoms with Crippen molar-refractivity contribution in [1.29, 1.82) is 0 Å². The maximum absolute atomic E-state index is 4.41. The molecule has 0 aliphatic carbocycles. The first-order valence-electron chi connectivity index (χ1n) is 4.03. The van der Waals surface area contributed by atoms with Gasteiger partial charge in [0.1, 0.15) is 5.82 Å². The molecule has 0 saturated carbocycles. The van der Waals surface area contributed by atoms with Gasteiger partial charge in [0.05, 0.1) is 11.4 Å². The van der Waals surface area contributed by atoms with Gasteiger partial charge >= 0.3 is 0 Å². The van der Waals surface area contributed by atoms with Crippen molar-refractivity contribution >= 4 is 0 Å². The van der Waals surface area contributed by atoms with E-state index in [0.29, 0.717) is 6.04 Å². The third-order valence-corrected chi connectivity index (χ3v) is 2.11. The largest absolute Gasteiger partial charge is 0.345 e. The Balaban J connectivity index is 2.34. The van der Waals surface area contributed by atoms with Crippen molar-refractivity contribution in [3.63, 3.8) is 0 Å². The first kappa shape index (κ1) is 6.85. The van der Waals surface area contributed by atoms with Gasteiger partial charge in [0.2, 0.25) is 0 Å². The van der Waals surface area contributed by atoms with E-state index in [-0.39, 0.29) is 0 Å². The Kier molecular flexibility index (Phi) is 1.46. The number of rotatable bonds is 0. The average Bonchev–Trinajstić information content (AvgIpc) is 2.27. The van der Waals surface area contributed by atoms with Crippen LogP contribution in [0.1, 0.15) is 24.1 Å². The minimum Gasteiger partial charge on any atom is -0.345 e. The van der Waals surface area contributed by atoms with Gasteiger partial charge < -0.3 is 10.3 Å². The predicted octanol–water partition coefficient (Wildman–Crippen LogP) is 0.752. The highest BCUT2D eigenvalue weighted by Gasteiger charge is 2.16. The molecule has 0 bridgehead atoms. The van der Waals surface area contributed by atoms with Crippen LogP contribution in [0.3, 0.4) is 0 Å². The van der Waals surface area contributed by atoms with Crippen LogP contribution in [-0.2, 0) is 13.0 Å². The summed E-state index contributed by atoms with van der Waals surface area (Å²) in [6, 6.07) is 0.574. The summed E-state index contributed by atoms with van der Waals surface area (Å²) in [7, 11) is 0. The summed E-state index contributed by atoms with van der Waals surface area (Å²) in [6.07, 6.45) is 1.06. The quantitative estimate of drug-likeness (QED) is 0.574. The molecule has 0 aromatic carbocycles. The molecule has 1 aromatic heterocycles. The van der Waals surface area contributed by atoms with Crippen LogP contribution in [0, 0.1) is 6.92 Å². The smallest absolute Gasteiger partial charge is 0.103 e. The highest BCUT2D eigenvalue weighted by molar-refractivity contribution is 5.18. The minimum atomic E-state index is 0.574. The van der Waals surface area contributed by atoms with Crippen molar-refractivity contribution in [2.75, 3.05) is 0 Å². The highest BCUT2D eigenvalue weighted by atomic mass is 15.0. The van der Waals surface area contributed by atoms with E-state index in [1.54, 1.807) is 0 Å². The van der Waals surface area contributed by atoms with Gasteiger partial charge in [0, 0.05) is 19.0 Å². The monoisotopic (exact) mass is 151 g/mol. The Morgan fingerprint density at radius 1 is 1.55 bits per heavy atom. The molecular formula is C8H13N3. The van der Waals surface area contributed by atoms with Crippen LogP contribution in [-0.4, -0.2) is 16.0 Å². The second-order valence-electron chi connectivity index (χ2n) is 3.23. The Morgan fingerprint density at radius 3 is 3.18 bits per heavy atom. The molecule has 2 rings (SSSR count). The number of nitrogens with zero attached hydrogens (tertiary/aromatic N) is 1. The van der Waals surface area contributed by atoms with Crippen molar-refractivity contribution < 1.29 is 0 Å². The lowest BCUT2D eigenvalue weighted by molar-refractivity contribution is 0.503. The Labute approximate surface area is 66.2 Å². The molecule has 3 heteroatoms. The second kappa shape index (κ2) is 2.34. The first-order chi connectivity index (χ1) is 5.25. The van der Waals surface area contributed by atoms with E-state index < -0.39 is 0 Å². The summed E-state index contributed by atoms with van der Waals surface area (Å²) >= 11 is 0. The fraction of sp³-hybridized carbons (Fsp3) is 0.625. The van der Waals surface area contributed by atoms with E-state index in [4.69, 9.17) is 0 Å². The third-order valence-electron chi connectivity index (χ3n) is 2.11. The SMILES string of the molecule is Cc1nc2c([nH]1)CNC(C)C2. The first-order valence-corrected chi connectivity index (χ1v) is 4.03. The number of fused-ring (bicyclic) bond motifs is 1. The molecule has 1 unspecified atom stereocenters. The van der Waals surface area contributed by atoms with Crippen LogP contribution in [0.25, 0.3) is 0 Å². The summed E-state index contributed by atoms with van der Waals surface area (Å²) in [5.74, 6) is 1.03. The Morgan fingerprint density at radius 2 is 2.36 bits per heavy atom. The molecule has 1 aliphatic rings. The fourth-order valence-electron chi connectivity index (χ4n) is 1.54. The Hall–Kier alpha value is -0.830. The van der Waals surface area contributed by atoms with Crippen molar-refractivity contribution in [1.82, 2.24) is 15.3 Å². The van der Waals surface area contributed by atoms with Crippen LogP contribution in [0.5, 0.6) is 0 Å². The molecule has 60 valence electrons. The number of nitrogens with one attached hydrogen (secondary N) is 2. The molecule has 0 fully saturated rings. The number of aryl methyl sites for hydroxylation is 1. The van der Waals surface area contributed by atoms with Gasteiger partial charge in [0.15, 0.2) is 0 Å². The van der Waals surface area contributed by atoms with E-state index >= 15 is 0 Å². The third kappa shape index (κ3) is 1.16. The van der Waals surface area contributed by atoms with Gasteiger partial charge in [-0.05, 0) is 13.8 Å². The molecule has 0 saturated heterocycles. The van der Waals surface area contributed by atoms with E-state index in [2.05, 4.69) is 22.2 Å². The summed E-state index contributed by atoms with van der Waals surface area (Å²) in [5.41, 5.74) is 2.51. The van der Waals surface area contributed by atoms with Gasteiger partial charge in [-0.2, -0.15) is 0 Å². The standard InChI is InChI=1S/C8H13N3/c1-5-3-7-8(4-9-5)11-6(2)10-7/h5,9H,3-4H2,1-2H3,(H,10,11). The summed E-state index contributed by atoms with van der Waals surface area (Å²) < 4.78 is 0. The maximum Gasteiger partial charge on any atom is 0.103 e. The maximum atomic E-state index is 4.41. The highest BCUT2D eigenvalue weighted by Crippen LogP contribution is 2.13. The van der Waals surface area contributed by atoms with E-state index in [0.717, 1.165) is 18.8 Å². The van der Waals surface area contributed by atoms with Crippen molar-refractivity contribution in [3.8, 4) is 0 Å². The van der Waals surface area contributed by atoms with Gasteiger partial charge in [-0.15, -0.1) is 0 Å². The van der Waals surface area contributed by atoms with Crippen molar-refractivity contribution in [2.45, 2.75) is 32.9 Å². The molecule has 0 spiro atoms. The molecule has 2 N–H and O–H groups in total. The molecule has 2 heterocycles. The zero-order valence-electron chi connectivity index (χ0n) is 6.94. The lowest BCUT2D eigenvalue weighted by atomic mass is 10.1. The number of imidazole rings is 1. The van der Waals surface area contributed by atoms with Gasteiger partial charge in [-0.25, -0.2) is 4.98 Å². The molecule has 0 radical (unpaired) electrons. The molecule has 11 heavy (non-hydrogen) atoms. The number of hydrogen-bond donors (Lipinski definition) is 2. The molecule has 1 aromatic rings. The zero-order valence-corrected chi connectivity index (χ0v) is 6.94. The van der Waals surface area contributed by atoms with Gasteiger partial charge in [0.25, 0.3) is 0 Å². The van der Waals surface area contributed by atoms with E-state index in [9.17, 15) is 0 Å². The lowest BCUT2D eigenvalue weighted by Gasteiger charge is -2.18. The van der Waals surface area contributed by atoms with Gasteiger partial charge in [-0.1, -0.05) is 0 Å². The second-order valence-corrected chi connectivity index (χ2v) is 3.23. The van der Waals surface area contributed by atoms with E-state index in [1.165, 1.54) is 11.4 Å². The predicted molar refractivity (Wildman–Crippen MR) is 43.3 cm³/mol. The number of aromatic amines is 1. The van der Waals surface area contributed by atoms with Gasteiger partial charge in [-0.3, -0.25) is 0 Å². The molecule has 0 amide bonds. The van der Waals surface area contributed by atoms with Crippen LogP contribution in [0.2, 0.25) is 0 Å². The average molecular weight is 151 g/mol. The van der Waals surface area contributed by atoms with Crippen molar-refractivity contribution in [3.05, 3.63) is 17.2 Å². The number of H-pyrrole nitrogens is 1. The molecule has 1 atom stereocenters. The summed E-state index contributed by atoms with van der Waals surface area (Å²) in [4.78, 5) is 7.65. The normalized spacial score (nSPS) is 23.3. The summed E-state index contributed by atoms with van der Waals surface area (Å²) in [6.45, 7) is 5.13. The van der Waals surface area contributed by atoms with Crippen LogP contribution >= 0.6 is 0 Å². The number of hydrogen-bond acceptors (Lipinski definition) is 2. The number of aromatic nitrogens is 2. The molecular weight excluding hydrogens is 138 g/mol. The molecule has 1 aliphatic heterocycles. The minimum absolute atomic E-state index is 0.574. The van der Waals surface area contributed by atoms with Crippen LogP contribution in [0.4, 0.5) is 0 Å². The topological polar surface area (TPSA) is 40.7 Å². The molecule has 3 nitrogen and oxygen atoms in total. The van der Waals surface area contributed by atoms with E-state index in [1.807, 2.05) is 6.92 Å². The van der Waals surface area contributed by atoms with Crippen molar-refractivity contribution in [2.24, 2.45) is 0 Å². The summed E-state index contributed by atoms with van der Waals surface area (Å²) in [5, 5.41) is 3.38. The van der Waals surface area contributed by atoms with Crippen LogP contribution in [0.15, 0.2) is 0 Å². The zero-order chi connectivity index (χ0) is 7.84.